The van der Waals surface area contributed by atoms with Crippen molar-refractivity contribution in [3.05, 3.63) is 113 Å². The van der Waals surface area contributed by atoms with Gasteiger partial charge in [0.2, 0.25) is 0 Å². The van der Waals surface area contributed by atoms with Crippen molar-refractivity contribution in [2.45, 2.75) is 19.7 Å². The maximum atomic E-state index is 12.9. The predicted octanol–water partition coefficient (Wildman–Crippen LogP) is 5.67. The van der Waals surface area contributed by atoms with Crippen LogP contribution in [-0.2, 0) is 24.4 Å². The lowest BCUT2D eigenvalue weighted by molar-refractivity contribution is 0.0472. The molecule has 0 amide bonds. The molecule has 37 heavy (non-hydrogen) atoms. The number of esters is 1. The van der Waals surface area contributed by atoms with Crippen LogP contribution in [0.5, 0.6) is 17.2 Å². The highest BCUT2D eigenvalue weighted by atomic mass is 16.5. The summed E-state index contributed by atoms with van der Waals surface area (Å²) in [4.78, 5) is 19.5. The number of methoxy groups -OCH3 is 3. The van der Waals surface area contributed by atoms with Crippen LogP contribution in [0.15, 0.2) is 91.1 Å². The summed E-state index contributed by atoms with van der Waals surface area (Å²) in [5, 5.41) is 0. The van der Waals surface area contributed by atoms with Crippen LogP contribution in [0.25, 0.3) is 0 Å². The highest BCUT2D eigenvalue weighted by Crippen LogP contribution is 2.22. The van der Waals surface area contributed by atoms with E-state index in [-0.39, 0.29) is 6.61 Å². The van der Waals surface area contributed by atoms with Crippen molar-refractivity contribution in [3.8, 4) is 17.2 Å². The van der Waals surface area contributed by atoms with Gasteiger partial charge in [0.05, 0.1) is 26.9 Å². The molecule has 0 fully saturated rings. The molecule has 1 heterocycles. The first-order chi connectivity index (χ1) is 18.1. The smallest absolute Gasteiger partial charge is 0.338 e. The fraction of sp³-hybridized carbons (Fsp3) is 0.200. The van der Waals surface area contributed by atoms with E-state index in [1.807, 2.05) is 72.8 Å². The van der Waals surface area contributed by atoms with E-state index in [2.05, 4.69) is 9.88 Å². The first-order valence-electron chi connectivity index (χ1n) is 11.8. The maximum absolute atomic E-state index is 12.9. The topological polar surface area (TPSA) is 70.1 Å². The number of aromatic nitrogens is 1. The molecule has 0 aliphatic rings. The number of ether oxygens (including phenoxy) is 4. The van der Waals surface area contributed by atoms with Crippen molar-refractivity contribution in [1.29, 1.82) is 0 Å². The van der Waals surface area contributed by atoms with Crippen molar-refractivity contribution in [3.63, 3.8) is 0 Å². The molecule has 4 aromatic rings. The Morgan fingerprint density at radius 2 is 1.14 bits per heavy atom. The van der Waals surface area contributed by atoms with Crippen molar-refractivity contribution in [1.82, 2.24) is 4.98 Å². The zero-order valence-corrected chi connectivity index (χ0v) is 21.2. The second-order valence-electron chi connectivity index (χ2n) is 8.38. The van der Waals surface area contributed by atoms with Crippen LogP contribution in [0.1, 0.15) is 27.0 Å². The van der Waals surface area contributed by atoms with Crippen LogP contribution in [0.4, 0.5) is 5.82 Å². The molecule has 0 radical (unpaired) electrons. The molecule has 7 heteroatoms. The molecular formula is C30H30N2O5. The Hall–Kier alpha value is -4.52. The molecule has 3 aromatic carbocycles. The summed E-state index contributed by atoms with van der Waals surface area (Å²) in [7, 11) is 4.91. The second-order valence-corrected chi connectivity index (χ2v) is 8.38. The highest BCUT2D eigenvalue weighted by Gasteiger charge is 2.15. The molecule has 0 saturated carbocycles. The number of pyridine rings is 1. The maximum Gasteiger partial charge on any atom is 0.338 e. The van der Waals surface area contributed by atoms with Crippen molar-refractivity contribution >= 4 is 11.8 Å². The van der Waals surface area contributed by atoms with Gasteiger partial charge in [0.25, 0.3) is 0 Å². The number of hydrogen-bond acceptors (Lipinski definition) is 7. The summed E-state index contributed by atoms with van der Waals surface area (Å²) in [6.45, 7) is 1.35. The Morgan fingerprint density at radius 3 is 1.59 bits per heavy atom. The predicted molar refractivity (Wildman–Crippen MR) is 142 cm³/mol. The Morgan fingerprint density at radius 1 is 0.676 bits per heavy atom. The van der Waals surface area contributed by atoms with Crippen LogP contribution in [0.3, 0.4) is 0 Å². The van der Waals surface area contributed by atoms with E-state index >= 15 is 0 Å². The van der Waals surface area contributed by atoms with Crippen molar-refractivity contribution < 1.29 is 23.7 Å². The number of carbonyl (C=O) groups is 1. The van der Waals surface area contributed by atoms with Crippen LogP contribution in [0.2, 0.25) is 0 Å². The molecular weight excluding hydrogens is 468 g/mol. The molecule has 0 atom stereocenters. The first kappa shape index (κ1) is 25.6. The number of carbonyl (C=O) groups excluding carboxylic acids is 1. The zero-order valence-electron chi connectivity index (χ0n) is 21.2. The van der Waals surface area contributed by atoms with Gasteiger partial charge in [-0.1, -0.05) is 36.4 Å². The lowest BCUT2D eigenvalue weighted by Crippen LogP contribution is -2.23. The van der Waals surface area contributed by atoms with Gasteiger partial charge in [-0.2, -0.15) is 0 Å². The minimum absolute atomic E-state index is 0.169. The summed E-state index contributed by atoms with van der Waals surface area (Å²) in [5.41, 5.74) is 3.49. The third kappa shape index (κ3) is 7.01. The molecule has 0 spiro atoms. The molecule has 0 N–H and O–H groups in total. The van der Waals surface area contributed by atoms with Gasteiger partial charge >= 0.3 is 5.97 Å². The molecule has 0 aliphatic heterocycles. The molecule has 7 nitrogen and oxygen atoms in total. The third-order valence-corrected chi connectivity index (χ3v) is 5.90. The Bertz CT molecular complexity index is 1240. The van der Waals surface area contributed by atoms with Gasteiger partial charge in [-0.3, -0.25) is 0 Å². The average molecular weight is 499 g/mol. The van der Waals surface area contributed by atoms with Gasteiger partial charge < -0.3 is 23.8 Å². The third-order valence-electron chi connectivity index (χ3n) is 5.90. The van der Waals surface area contributed by atoms with Gasteiger partial charge in [-0.25, -0.2) is 9.78 Å². The SMILES string of the molecule is COc1ccc(COC(=O)c2ccnc(N(Cc3ccc(OC)cc3)Cc3ccc(OC)cc3)c2)cc1. The monoisotopic (exact) mass is 498 g/mol. The fourth-order valence-electron chi connectivity index (χ4n) is 3.79. The Balaban J connectivity index is 1.53. The van der Waals surface area contributed by atoms with Crippen LogP contribution < -0.4 is 19.1 Å². The fourth-order valence-corrected chi connectivity index (χ4v) is 3.79. The summed E-state index contributed by atoms with van der Waals surface area (Å²) >= 11 is 0. The minimum atomic E-state index is -0.409. The van der Waals surface area contributed by atoms with E-state index in [4.69, 9.17) is 18.9 Å². The number of rotatable bonds is 11. The Kier molecular flexibility index (Phi) is 8.60. The molecule has 4 rings (SSSR count). The molecule has 0 saturated heterocycles. The van der Waals surface area contributed by atoms with Gasteiger partial charge in [0, 0.05) is 19.3 Å². The van der Waals surface area contributed by atoms with Crippen LogP contribution in [-0.4, -0.2) is 32.3 Å². The lowest BCUT2D eigenvalue weighted by atomic mass is 10.1. The molecule has 0 unspecified atom stereocenters. The van der Waals surface area contributed by atoms with E-state index in [1.165, 1.54) is 0 Å². The largest absolute Gasteiger partial charge is 0.497 e. The zero-order chi connectivity index (χ0) is 26.0. The molecule has 1 aromatic heterocycles. The van der Waals surface area contributed by atoms with Gasteiger partial charge in [-0.05, 0) is 65.2 Å². The van der Waals surface area contributed by atoms with Gasteiger partial charge in [-0.15, -0.1) is 0 Å². The summed E-state index contributed by atoms with van der Waals surface area (Å²) in [5.74, 6) is 2.61. The average Bonchev–Trinajstić information content (AvgIpc) is 2.96. The number of nitrogens with zero attached hydrogens (tertiary/aromatic N) is 2. The first-order valence-corrected chi connectivity index (χ1v) is 11.8. The Labute approximate surface area is 217 Å². The summed E-state index contributed by atoms with van der Waals surface area (Å²) in [6, 6.07) is 26.7. The number of benzene rings is 3. The molecule has 0 aliphatic carbocycles. The quantitative estimate of drug-likeness (QED) is 0.247. The number of anilines is 1. The van der Waals surface area contributed by atoms with Crippen molar-refractivity contribution in [2.75, 3.05) is 26.2 Å². The van der Waals surface area contributed by atoms with Crippen LogP contribution >= 0.6 is 0 Å². The minimum Gasteiger partial charge on any atom is -0.497 e. The van der Waals surface area contributed by atoms with E-state index in [9.17, 15) is 4.79 Å². The molecule has 0 bridgehead atoms. The van der Waals surface area contributed by atoms with Crippen molar-refractivity contribution in [2.24, 2.45) is 0 Å². The second kappa shape index (κ2) is 12.4. The lowest BCUT2D eigenvalue weighted by Gasteiger charge is -2.24. The standard InChI is InChI=1S/C30H30N2O5/c1-34-26-10-4-22(5-11-26)19-32(20-23-6-12-27(35-2)13-7-23)29-18-25(16-17-31-29)30(33)37-21-24-8-14-28(36-3)15-9-24/h4-18H,19-21H2,1-3H3. The van der Waals surface area contributed by atoms with E-state index in [1.54, 1.807) is 39.7 Å². The van der Waals surface area contributed by atoms with E-state index < -0.39 is 5.97 Å². The normalized spacial score (nSPS) is 10.5. The molecule has 190 valence electrons. The van der Waals surface area contributed by atoms with Gasteiger partial charge in [0.1, 0.15) is 29.7 Å². The van der Waals surface area contributed by atoms with Gasteiger partial charge in [0.15, 0.2) is 0 Å². The highest BCUT2D eigenvalue weighted by molar-refractivity contribution is 5.90. The summed E-state index contributed by atoms with van der Waals surface area (Å²) < 4.78 is 21.3. The van der Waals surface area contributed by atoms with Crippen LogP contribution in [0, 0.1) is 0 Å². The van der Waals surface area contributed by atoms with E-state index in [0.717, 1.165) is 33.9 Å². The summed E-state index contributed by atoms with van der Waals surface area (Å²) in [6.07, 6.45) is 1.63. The number of hydrogen-bond donors (Lipinski definition) is 0. The van der Waals surface area contributed by atoms with E-state index in [0.29, 0.717) is 24.5 Å².